The van der Waals surface area contributed by atoms with Crippen molar-refractivity contribution in [3.8, 4) is 0 Å². The zero-order valence-corrected chi connectivity index (χ0v) is 15.5. The van der Waals surface area contributed by atoms with E-state index in [4.69, 9.17) is 14.2 Å². The first-order valence-electron chi connectivity index (χ1n) is 9.93. The quantitative estimate of drug-likeness (QED) is 0.825. The maximum absolute atomic E-state index is 5.47. The summed E-state index contributed by atoms with van der Waals surface area (Å²) in [6, 6.07) is 4.48. The third-order valence-corrected chi connectivity index (χ3v) is 5.50. The minimum atomic E-state index is 0.396. The molecular weight excluding hydrogens is 344 g/mol. The molecule has 1 saturated carbocycles. The third kappa shape index (κ3) is 4.06. The van der Waals surface area contributed by atoms with Crippen LogP contribution in [0.25, 0.3) is 0 Å². The van der Waals surface area contributed by atoms with Gasteiger partial charge in [-0.1, -0.05) is 5.16 Å². The summed E-state index contributed by atoms with van der Waals surface area (Å²) >= 11 is 0. The number of likely N-dealkylation sites (tertiary alicyclic amines) is 1. The molecule has 0 bridgehead atoms. The van der Waals surface area contributed by atoms with E-state index in [0.717, 1.165) is 75.6 Å². The molecule has 0 amide bonds. The molecular formula is C19H26N6O2. The lowest BCUT2D eigenvalue weighted by Gasteiger charge is -2.27. The van der Waals surface area contributed by atoms with Crippen LogP contribution in [0.4, 0.5) is 11.8 Å². The maximum Gasteiger partial charge on any atom is 0.227 e. The summed E-state index contributed by atoms with van der Waals surface area (Å²) in [7, 11) is 0. The van der Waals surface area contributed by atoms with Crippen molar-refractivity contribution in [2.75, 3.05) is 49.6 Å². The highest BCUT2D eigenvalue weighted by atomic mass is 16.5. The van der Waals surface area contributed by atoms with Crippen LogP contribution < -0.4 is 10.2 Å². The lowest BCUT2D eigenvalue weighted by Crippen LogP contribution is -2.37. The van der Waals surface area contributed by atoms with Gasteiger partial charge in [-0.3, -0.25) is 4.90 Å². The summed E-state index contributed by atoms with van der Waals surface area (Å²) in [5, 5.41) is 7.81. The number of ether oxygens (including phenoxy) is 1. The largest absolute Gasteiger partial charge is 0.378 e. The Labute approximate surface area is 158 Å². The lowest BCUT2D eigenvalue weighted by atomic mass is 10.2. The van der Waals surface area contributed by atoms with E-state index in [9.17, 15) is 0 Å². The molecule has 1 aliphatic carbocycles. The SMILES string of the molecule is c1cc(NC2CCN(Cc3cc(C4CC4)on3)C2)nc(N2CCOCC2)n1. The van der Waals surface area contributed by atoms with Crippen LogP contribution in [0, 0.1) is 0 Å². The molecule has 27 heavy (non-hydrogen) atoms. The van der Waals surface area contributed by atoms with Crippen molar-refractivity contribution in [2.24, 2.45) is 0 Å². The van der Waals surface area contributed by atoms with E-state index >= 15 is 0 Å². The molecule has 0 aromatic carbocycles. The van der Waals surface area contributed by atoms with Gasteiger partial charge in [0.1, 0.15) is 11.6 Å². The van der Waals surface area contributed by atoms with Gasteiger partial charge in [0.15, 0.2) is 0 Å². The normalized spacial score (nSPS) is 23.7. The van der Waals surface area contributed by atoms with Crippen LogP contribution in [0.15, 0.2) is 22.9 Å². The van der Waals surface area contributed by atoms with Gasteiger partial charge in [0.25, 0.3) is 0 Å². The molecule has 1 atom stereocenters. The molecule has 2 aromatic heterocycles. The van der Waals surface area contributed by atoms with Gasteiger partial charge in [-0.25, -0.2) is 4.98 Å². The molecule has 144 valence electrons. The first-order chi connectivity index (χ1) is 13.3. The number of hydrogen-bond donors (Lipinski definition) is 1. The predicted octanol–water partition coefficient (Wildman–Crippen LogP) is 1.86. The van der Waals surface area contributed by atoms with E-state index in [1.807, 2.05) is 12.3 Å². The summed E-state index contributed by atoms with van der Waals surface area (Å²) < 4.78 is 10.9. The van der Waals surface area contributed by atoms with Crippen molar-refractivity contribution >= 4 is 11.8 Å². The summed E-state index contributed by atoms with van der Waals surface area (Å²) in [6.07, 6.45) is 5.43. The average Bonchev–Trinajstić information content (AvgIpc) is 3.31. The summed E-state index contributed by atoms with van der Waals surface area (Å²) in [4.78, 5) is 13.7. The van der Waals surface area contributed by atoms with Crippen molar-refractivity contribution in [2.45, 2.75) is 37.8 Å². The molecule has 0 radical (unpaired) electrons. The van der Waals surface area contributed by atoms with Crippen molar-refractivity contribution in [1.82, 2.24) is 20.0 Å². The minimum absolute atomic E-state index is 0.396. The second-order valence-electron chi connectivity index (χ2n) is 7.70. The van der Waals surface area contributed by atoms with Crippen LogP contribution in [0.1, 0.15) is 36.6 Å². The van der Waals surface area contributed by atoms with E-state index in [2.05, 4.69) is 31.3 Å². The highest BCUT2D eigenvalue weighted by Gasteiger charge is 2.29. The number of anilines is 2. The fraction of sp³-hybridized carbons (Fsp3) is 0.632. The van der Waals surface area contributed by atoms with Gasteiger partial charge in [0.05, 0.1) is 18.9 Å². The van der Waals surface area contributed by atoms with E-state index in [-0.39, 0.29) is 0 Å². The highest BCUT2D eigenvalue weighted by molar-refractivity contribution is 5.42. The van der Waals surface area contributed by atoms with Gasteiger partial charge in [-0.15, -0.1) is 0 Å². The van der Waals surface area contributed by atoms with Crippen molar-refractivity contribution in [3.05, 3.63) is 29.8 Å². The Kier molecular flexibility index (Phi) is 4.67. The zero-order valence-electron chi connectivity index (χ0n) is 15.5. The second kappa shape index (κ2) is 7.44. The standard InChI is InChI=1S/C19H26N6O2/c1-2-14(1)17-11-16(23-27-17)13-24-6-4-15(12-24)21-18-3-5-20-19(22-18)25-7-9-26-10-8-25/h3,5,11,14-15H,1-2,4,6-10,12-13H2,(H,20,21,22). The van der Waals surface area contributed by atoms with Gasteiger partial charge in [-0.05, 0) is 25.3 Å². The smallest absolute Gasteiger partial charge is 0.227 e. The molecule has 8 nitrogen and oxygen atoms in total. The lowest BCUT2D eigenvalue weighted by molar-refractivity contribution is 0.122. The molecule has 2 saturated heterocycles. The van der Waals surface area contributed by atoms with E-state index < -0.39 is 0 Å². The van der Waals surface area contributed by atoms with Gasteiger partial charge in [0.2, 0.25) is 5.95 Å². The molecule has 4 heterocycles. The molecule has 0 spiro atoms. The first kappa shape index (κ1) is 16.9. The molecule has 5 rings (SSSR count). The Balaban J connectivity index is 1.16. The maximum atomic E-state index is 5.47. The number of aromatic nitrogens is 3. The monoisotopic (exact) mass is 370 g/mol. The number of nitrogens with one attached hydrogen (secondary N) is 1. The van der Waals surface area contributed by atoms with Crippen LogP contribution >= 0.6 is 0 Å². The van der Waals surface area contributed by atoms with E-state index in [1.165, 1.54) is 12.8 Å². The Hall–Kier alpha value is -2.19. The second-order valence-corrected chi connectivity index (χ2v) is 7.70. The molecule has 1 N–H and O–H groups in total. The molecule has 2 aromatic rings. The third-order valence-electron chi connectivity index (χ3n) is 5.50. The predicted molar refractivity (Wildman–Crippen MR) is 101 cm³/mol. The first-order valence-corrected chi connectivity index (χ1v) is 9.93. The molecule has 8 heteroatoms. The van der Waals surface area contributed by atoms with Gasteiger partial charge in [0, 0.05) is 56.9 Å². The van der Waals surface area contributed by atoms with Gasteiger partial charge in [-0.2, -0.15) is 4.98 Å². The molecule has 3 fully saturated rings. The number of rotatable bonds is 6. The topological polar surface area (TPSA) is 79.5 Å². The van der Waals surface area contributed by atoms with E-state index in [0.29, 0.717) is 12.0 Å². The number of morpholine rings is 1. The number of nitrogens with zero attached hydrogens (tertiary/aromatic N) is 5. The Bertz CT molecular complexity index is 771. The molecule has 3 aliphatic rings. The minimum Gasteiger partial charge on any atom is -0.378 e. The fourth-order valence-electron chi connectivity index (χ4n) is 3.84. The van der Waals surface area contributed by atoms with Crippen molar-refractivity contribution in [3.63, 3.8) is 0 Å². The summed E-state index contributed by atoms with van der Waals surface area (Å²) in [6.45, 7) is 6.08. The Morgan fingerprint density at radius 1 is 1.15 bits per heavy atom. The average molecular weight is 370 g/mol. The highest BCUT2D eigenvalue weighted by Crippen LogP contribution is 2.40. The van der Waals surface area contributed by atoms with Gasteiger partial charge < -0.3 is 19.5 Å². The molecule has 2 aliphatic heterocycles. The zero-order chi connectivity index (χ0) is 18.1. The van der Waals surface area contributed by atoms with Crippen LogP contribution in [-0.2, 0) is 11.3 Å². The van der Waals surface area contributed by atoms with Crippen molar-refractivity contribution < 1.29 is 9.26 Å². The Morgan fingerprint density at radius 3 is 2.89 bits per heavy atom. The van der Waals surface area contributed by atoms with Crippen LogP contribution in [-0.4, -0.2) is 65.5 Å². The van der Waals surface area contributed by atoms with Gasteiger partial charge >= 0.3 is 0 Å². The number of hydrogen-bond acceptors (Lipinski definition) is 8. The van der Waals surface area contributed by atoms with Crippen LogP contribution in [0.3, 0.4) is 0 Å². The van der Waals surface area contributed by atoms with Crippen molar-refractivity contribution in [1.29, 1.82) is 0 Å². The Morgan fingerprint density at radius 2 is 2.04 bits per heavy atom. The molecule has 1 unspecified atom stereocenters. The van der Waals surface area contributed by atoms with E-state index in [1.54, 1.807) is 0 Å². The summed E-state index contributed by atoms with van der Waals surface area (Å²) in [5.74, 6) is 3.37. The van der Waals surface area contributed by atoms with Crippen LogP contribution in [0.5, 0.6) is 0 Å². The fourth-order valence-corrected chi connectivity index (χ4v) is 3.84. The summed E-state index contributed by atoms with van der Waals surface area (Å²) in [5.41, 5.74) is 1.05. The van der Waals surface area contributed by atoms with Crippen LogP contribution in [0.2, 0.25) is 0 Å².